The van der Waals surface area contributed by atoms with Crippen molar-refractivity contribution in [2.45, 2.75) is 0 Å². The molecule has 0 N–H and O–H groups in total. The van der Waals surface area contributed by atoms with Crippen molar-refractivity contribution in [1.29, 1.82) is 0 Å². The van der Waals surface area contributed by atoms with E-state index in [-0.39, 0.29) is 0 Å². The van der Waals surface area contributed by atoms with Crippen molar-refractivity contribution in [2.24, 2.45) is 0 Å². The average Bonchev–Trinajstić information content (AvgIpc) is 2.40. The maximum absolute atomic E-state index is 13.8. The number of methoxy groups -OCH3 is 2. The molecule has 0 unspecified atom stereocenters. The monoisotopic (exact) mass is 265 g/mol. The minimum Gasteiger partial charge on any atom is -0.497 e. The Morgan fingerprint density at radius 2 is 1.67 bits per heavy atom. The van der Waals surface area contributed by atoms with Gasteiger partial charge in [-0.1, -0.05) is 11.6 Å². The van der Waals surface area contributed by atoms with Crippen LogP contribution in [-0.2, 0) is 0 Å². The van der Waals surface area contributed by atoms with Crippen molar-refractivity contribution in [3.05, 3.63) is 47.2 Å². The molecule has 2 nitrogen and oxygen atoms in total. The fraction of sp³-hybridized carbons (Fsp3) is 0.143. The smallest absolute Gasteiger partial charge is 0.131 e. The van der Waals surface area contributed by atoms with E-state index in [1.54, 1.807) is 32.4 Å². The lowest BCUT2D eigenvalue weighted by molar-refractivity contribution is 0.394. The summed E-state index contributed by atoms with van der Waals surface area (Å²) < 4.78 is 24.0. The first kappa shape index (κ1) is 12.7. The molecule has 2 rings (SSSR count). The molecule has 2 aromatic rings. The second-order valence-electron chi connectivity index (χ2n) is 3.64. The maximum atomic E-state index is 13.8. The van der Waals surface area contributed by atoms with Crippen LogP contribution in [0.5, 0.6) is 11.5 Å². The van der Waals surface area contributed by atoms with Crippen molar-refractivity contribution < 1.29 is 13.9 Å². The molecule has 1 radical (unpaired) electrons. The number of ether oxygens (including phenoxy) is 2. The summed E-state index contributed by atoms with van der Waals surface area (Å²) >= 11 is 5.83. The average molecular weight is 266 g/mol. The lowest BCUT2D eigenvalue weighted by Gasteiger charge is -2.09. The molecule has 0 heterocycles. The molecule has 0 aliphatic rings. The van der Waals surface area contributed by atoms with E-state index in [1.165, 1.54) is 12.1 Å². The van der Waals surface area contributed by atoms with E-state index in [1.807, 2.05) is 0 Å². The van der Waals surface area contributed by atoms with Crippen LogP contribution in [0.15, 0.2) is 30.3 Å². The molecule has 0 saturated heterocycles. The van der Waals surface area contributed by atoms with E-state index in [9.17, 15) is 4.39 Å². The Balaban J connectivity index is 2.58. The first-order valence-corrected chi connectivity index (χ1v) is 5.62. The van der Waals surface area contributed by atoms with Gasteiger partial charge in [-0.3, -0.25) is 0 Å². The van der Waals surface area contributed by atoms with Crippen LogP contribution in [0, 0.1) is 11.9 Å². The Bertz CT molecular complexity index is 547. The van der Waals surface area contributed by atoms with Gasteiger partial charge in [-0.15, -0.1) is 0 Å². The van der Waals surface area contributed by atoms with E-state index >= 15 is 0 Å². The number of halogens is 2. The van der Waals surface area contributed by atoms with Crippen LogP contribution in [0.4, 0.5) is 4.39 Å². The lowest BCUT2D eigenvalue weighted by Crippen LogP contribution is -1.90. The Hall–Kier alpha value is -1.74. The van der Waals surface area contributed by atoms with Crippen LogP contribution >= 0.6 is 11.6 Å². The summed E-state index contributed by atoms with van der Waals surface area (Å²) in [6.07, 6.45) is 0. The Labute approximate surface area is 110 Å². The highest BCUT2D eigenvalue weighted by molar-refractivity contribution is 6.30. The summed E-state index contributed by atoms with van der Waals surface area (Å²) in [5, 5.41) is 0.355. The van der Waals surface area contributed by atoms with Gasteiger partial charge in [0.05, 0.1) is 14.2 Å². The van der Waals surface area contributed by atoms with Crippen LogP contribution in [0.1, 0.15) is 0 Å². The SMILES string of the molecule is COc1cc(OC)cc(-c2cc(Cl)[c]cc2F)c1. The predicted molar refractivity (Wildman–Crippen MR) is 68.8 cm³/mol. The molecule has 0 amide bonds. The number of benzene rings is 2. The summed E-state index contributed by atoms with van der Waals surface area (Å²) in [5.74, 6) is 0.787. The van der Waals surface area contributed by atoms with Gasteiger partial charge in [0.1, 0.15) is 17.3 Å². The molecule has 2 aromatic carbocycles. The zero-order valence-electron chi connectivity index (χ0n) is 9.96. The largest absolute Gasteiger partial charge is 0.497 e. The van der Waals surface area contributed by atoms with E-state index in [0.717, 1.165) is 0 Å². The number of hydrogen-bond acceptors (Lipinski definition) is 2. The van der Waals surface area contributed by atoms with Crippen molar-refractivity contribution in [3.8, 4) is 22.6 Å². The van der Waals surface area contributed by atoms with Gasteiger partial charge < -0.3 is 9.47 Å². The molecule has 0 atom stereocenters. The van der Waals surface area contributed by atoms with Gasteiger partial charge in [-0.2, -0.15) is 0 Å². The third-order valence-corrected chi connectivity index (χ3v) is 2.75. The predicted octanol–water partition coefficient (Wildman–Crippen LogP) is 3.96. The number of rotatable bonds is 3. The second kappa shape index (κ2) is 5.27. The molecule has 0 aliphatic carbocycles. The molecule has 0 aromatic heterocycles. The summed E-state index contributed by atoms with van der Waals surface area (Å²) in [6, 6.07) is 10.5. The van der Waals surface area contributed by atoms with Gasteiger partial charge in [0, 0.05) is 22.7 Å². The highest BCUT2D eigenvalue weighted by Crippen LogP contribution is 2.32. The molecule has 0 spiro atoms. The summed E-state index contributed by atoms with van der Waals surface area (Å²) in [5.41, 5.74) is 1.02. The summed E-state index contributed by atoms with van der Waals surface area (Å²) in [4.78, 5) is 0. The van der Waals surface area contributed by atoms with E-state index < -0.39 is 5.82 Å². The van der Waals surface area contributed by atoms with Crippen LogP contribution in [0.2, 0.25) is 5.02 Å². The molecule has 4 heteroatoms. The standard InChI is InChI=1S/C14H11ClFO2/c1-17-11-5-9(6-12(8-11)18-2)13-7-10(15)3-4-14(13)16/h4-8H,1-2H3. The van der Waals surface area contributed by atoms with Gasteiger partial charge in [-0.05, 0) is 29.8 Å². The van der Waals surface area contributed by atoms with E-state index in [0.29, 0.717) is 27.6 Å². The first-order valence-electron chi connectivity index (χ1n) is 5.24. The molecule has 0 fully saturated rings. The topological polar surface area (TPSA) is 18.5 Å². The molecule has 0 aliphatic heterocycles. The Kier molecular flexibility index (Phi) is 3.72. The van der Waals surface area contributed by atoms with Crippen molar-refractivity contribution in [3.63, 3.8) is 0 Å². The van der Waals surface area contributed by atoms with Gasteiger partial charge in [-0.25, -0.2) is 4.39 Å². The van der Waals surface area contributed by atoms with Crippen LogP contribution in [0.25, 0.3) is 11.1 Å². The van der Waals surface area contributed by atoms with Crippen molar-refractivity contribution >= 4 is 11.6 Å². The normalized spacial score (nSPS) is 10.2. The number of hydrogen-bond donors (Lipinski definition) is 0. The molecule has 93 valence electrons. The highest BCUT2D eigenvalue weighted by Gasteiger charge is 2.09. The first-order chi connectivity index (χ1) is 8.63. The van der Waals surface area contributed by atoms with Gasteiger partial charge in [0.15, 0.2) is 0 Å². The zero-order valence-corrected chi connectivity index (χ0v) is 10.7. The van der Waals surface area contributed by atoms with E-state index in [4.69, 9.17) is 21.1 Å². The summed E-state index contributed by atoms with van der Waals surface area (Å²) in [7, 11) is 3.08. The maximum Gasteiger partial charge on any atom is 0.131 e. The van der Waals surface area contributed by atoms with Crippen LogP contribution in [0.3, 0.4) is 0 Å². The highest BCUT2D eigenvalue weighted by atomic mass is 35.5. The minimum absolute atomic E-state index is 0.355. The minimum atomic E-state index is -0.394. The molecular formula is C14H11ClFO2. The fourth-order valence-corrected chi connectivity index (χ4v) is 1.80. The molecule has 0 bridgehead atoms. The third-order valence-electron chi connectivity index (χ3n) is 2.53. The van der Waals surface area contributed by atoms with Gasteiger partial charge in [0.2, 0.25) is 0 Å². The van der Waals surface area contributed by atoms with Gasteiger partial charge in [0.25, 0.3) is 0 Å². The molecular weight excluding hydrogens is 255 g/mol. The quantitative estimate of drug-likeness (QED) is 0.836. The van der Waals surface area contributed by atoms with Crippen LogP contribution < -0.4 is 9.47 Å². The Morgan fingerprint density at radius 3 is 2.22 bits per heavy atom. The molecule has 0 saturated carbocycles. The third kappa shape index (κ3) is 2.57. The Morgan fingerprint density at radius 1 is 1.06 bits per heavy atom. The summed E-state index contributed by atoms with van der Waals surface area (Å²) in [6.45, 7) is 0. The fourth-order valence-electron chi connectivity index (χ4n) is 1.63. The van der Waals surface area contributed by atoms with Crippen molar-refractivity contribution in [2.75, 3.05) is 14.2 Å². The zero-order chi connectivity index (χ0) is 13.1. The molecule has 18 heavy (non-hydrogen) atoms. The van der Waals surface area contributed by atoms with E-state index in [2.05, 4.69) is 6.07 Å². The van der Waals surface area contributed by atoms with Gasteiger partial charge >= 0.3 is 0 Å². The van der Waals surface area contributed by atoms with Crippen molar-refractivity contribution in [1.82, 2.24) is 0 Å². The van der Waals surface area contributed by atoms with Crippen LogP contribution in [-0.4, -0.2) is 14.2 Å². The lowest BCUT2D eigenvalue weighted by atomic mass is 10.0. The second-order valence-corrected chi connectivity index (χ2v) is 4.05.